The Morgan fingerprint density at radius 2 is 1.83 bits per heavy atom. The number of nitrogens with zero attached hydrogens (tertiary/aromatic N) is 1. The molecule has 0 amide bonds. The van der Waals surface area contributed by atoms with E-state index < -0.39 is 6.04 Å². The largest absolute Gasteiger partial charge is 0.465 e. The number of aromatic nitrogens is 1. The van der Waals surface area contributed by atoms with E-state index in [-0.39, 0.29) is 5.97 Å². The minimum absolute atomic E-state index is 0.350. The van der Waals surface area contributed by atoms with Crippen molar-refractivity contribution in [3.8, 4) is 0 Å². The third-order valence-electron chi connectivity index (χ3n) is 4.10. The SMILES string of the molecule is CCOC(=O)C(N)Cc1cn(Cc2ccccc2)c2ccccc12. The summed E-state index contributed by atoms with van der Waals surface area (Å²) in [5, 5.41) is 1.13. The second-order valence-corrected chi connectivity index (χ2v) is 5.85. The van der Waals surface area contributed by atoms with Crippen LogP contribution in [0.1, 0.15) is 18.1 Å². The highest BCUT2D eigenvalue weighted by Gasteiger charge is 2.18. The molecule has 1 heterocycles. The summed E-state index contributed by atoms with van der Waals surface area (Å²) < 4.78 is 7.23. The van der Waals surface area contributed by atoms with E-state index in [1.165, 1.54) is 5.56 Å². The lowest BCUT2D eigenvalue weighted by Gasteiger charge is -2.09. The van der Waals surface area contributed by atoms with Crippen molar-refractivity contribution in [2.75, 3.05) is 6.61 Å². The highest BCUT2D eigenvalue weighted by Crippen LogP contribution is 2.23. The molecule has 0 radical (unpaired) electrons. The second kappa shape index (κ2) is 7.32. The molecule has 1 atom stereocenters. The summed E-state index contributed by atoms with van der Waals surface area (Å²) in [5.74, 6) is -0.350. The third-order valence-corrected chi connectivity index (χ3v) is 4.10. The first-order valence-electron chi connectivity index (χ1n) is 8.22. The van der Waals surface area contributed by atoms with Crippen molar-refractivity contribution >= 4 is 16.9 Å². The number of benzene rings is 2. The Bertz CT molecular complexity index is 824. The molecule has 0 fully saturated rings. The van der Waals surface area contributed by atoms with Gasteiger partial charge in [0.1, 0.15) is 6.04 Å². The number of carbonyl (C=O) groups excluding carboxylic acids is 1. The van der Waals surface area contributed by atoms with Crippen molar-refractivity contribution in [3.63, 3.8) is 0 Å². The van der Waals surface area contributed by atoms with Gasteiger partial charge >= 0.3 is 5.97 Å². The first kappa shape index (κ1) is 16.3. The summed E-state index contributed by atoms with van der Waals surface area (Å²) in [6.45, 7) is 2.93. The molecule has 4 heteroatoms. The quantitative estimate of drug-likeness (QED) is 0.709. The zero-order valence-electron chi connectivity index (χ0n) is 13.8. The van der Waals surface area contributed by atoms with E-state index >= 15 is 0 Å². The molecule has 0 saturated heterocycles. The molecule has 0 aliphatic heterocycles. The number of hydrogen-bond acceptors (Lipinski definition) is 3. The van der Waals surface area contributed by atoms with E-state index in [4.69, 9.17) is 10.5 Å². The van der Waals surface area contributed by atoms with Crippen molar-refractivity contribution in [2.45, 2.75) is 25.9 Å². The van der Waals surface area contributed by atoms with Crippen molar-refractivity contribution in [2.24, 2.45) is 5.73 Å². The first-order chi connectivity index (χ1) is 11.7. The van der Waals surface area contributed by atoms with Crippen LogP contribution < -0.4 is 5.73 Å². The Hall–Kier alpha value is -2.59. The van der Waals surface area contributed by atoms with Gasteiger partial charge in [0.2, 0.25) is 0 Å². The molecule has 1 aromatic heterocycles. The van der Waals surface area contributed by atoms with Gasteiger partial charge < -0.3 is 15.0 Å². The Balaban J connectivity index is 1.90. The maximum absolute atomic E-state index is 11.8. The lowest BCUT2D eigenvalue weighted by Crippen LogP contribution is -2.34. The molecule has 3 rings (SSSR count). The van der Waals surface area contributed by atoms with Crippen LogP contribution in [-0.4, -0.2) is 23.2 Å². The van der Waals surface area contributed by atoms with Crippen molar-refractivity contribution in [3.05, 3.63) is 71.9 Å². The monoisotopic (exact) mass is 322 g/mol. The summed E-state index contributed by atoms with van der Waals surface area (Å²) >= 11 is 0. The number of rotatable bonds is 6. The predicted molar refractivity (Wildman–Crippen MR) is 95.8 cm³/mol. The van der Waals surface area contributed by atoms with Crippen LogP contribution in [-0.2, 0) is 22.5 Å². The molecule has 2 N–H and O–H groups in total. The fourth-order valence-corrected chi connectivity index (χ4v) is 2.97. The summed E-state index contributed by atoms with van der Waals surface area (Å²) in [5.41, 5.74) is 9.46. The molecule has 3 aromatic rings. The lowest BCUT2D eigenvalue weighted by molar-refractivity contribution is -0.144. The number of carbonyl (C=O) groups is 1. The highest BCUT2D eigenvalue weighted by atomic mass is 16.5. The van der Waals surface area contributed by atoms with Gasteiger partial charge in [-0.1, -0.05) is 48.5 Å². The van der Waals surface area contributed by atoms with E-state index in [9.17, 15) is 4.79 Å². The van der Waals surface area contributed by atoms with Crippen LogP contribution in [0.2, 0.25) is 0 Å². The molecule has 0 aliphatic carbocycles. The molecular weight excluding hydrogens is 300 g/mol. The standard InChI is InChI=1S/C20H22N2O2/c1-2-24-20(23)18(21)12-16-14-22(13-15-8-4-3-5-9-15)19-11-7-6-10-17(16)19/h3-11,14,18H,2,12-13,21H2,1H3. The van der Waals surface area contributed by atoms with E-state index in [2.05, 4.69) is 35.0 Å². The average molecular weight is 322 g/mol. The summed E-state index contributed by atoms with van der Waals surface area (Å²) in [6, 6.07) is 17.9. The second-order valence-electron chi connectivity index (χ2n) is 5.85. The van der Waals surface area contributed by atoms with Gasteiger partial charge in [0.15, 0.2) is 0 Å². The Morgan fingerprint density at radius 3 is 2.58 bits per heavy atom. The van der Waals surface area contributed by atoms with Crippen LogP contribution >= 0.6 is 0 Å². The molecule has 124 valence electrons. The smallest absolute Gasteiger partial charge is 0.323 e. The van der Waals surface area contributed by atoms with Crippen LogP contribution in [0.4, 0.5) is 0 Å². The van der Waals surface area contributed by atoms with E-state index in [0.29, 0.717) is 13.0 Å². The molecule has 2 aromatic carbocycles. The molecule has 1 unspecified atom stereocenters. The Morgan fingerprint density at radius 1 is 1.12 bits per heavy atom. The molecule has 0 aliphatic rings. The maximum atomic E-state index is 11.8. The fourth-order valence-electron chi connectivity index (χ4n) is 2.97. The number of esters is 1. The summed E-state index contributed by atoms with van der Waals surface area (Å²) in [7, 11) is 0. The summed E-state index contributed by atoms with van der Waals surface area (Å²) in [4.78, 5) is 11.8. The average Bonchev–Trinajstić information content (AvgIpc) is 2.94. The van der Waals surface area contributed by atoms with Gasteiger partial charge in [-0.25, -0.2) is 0 Å². The van der Waals surface area contributed by atoms with Gasteiger partial charge in [0, 0.05) is 30.1 Å². The molecule has 0 spiro atoms. The lowest BCUT2D eigenvalue weighted by atomic mass is 10.1. The molecular formula is C20H22N2O2. The van der Waals surface area contributed by atoms with Crippen LogP contribution in [0.25, 0.3) is 10.9 Å². The Kier molecular flexibility index (Phi) is 4.96. The molecule has 4 nitrogen and oxygen atoms in total. The van der Waals surface area contributed by atoms with Crippen molar-refractivity contribution in [1.82, 2.24) is 4.57 Å². The minimum Gasteiger partial charge on any atom is -0.465 e. The van der Waals surface area contributed by atoms with Gasteiger partial charge in [-0.15, -0.1) is 0 Å². The van der Waals surface area contributed by atoms with E-state index in [1.54, 1.807) is 6.92 Å². The van der Waals surface area contributed by atoms with Crippen molar-refractivity contribution < 1.29 is 9.53 Å². The first-order valence-corrected chi connectivity index (χ1v) is 8.22. The zero-order chi connectivity index (χ0) is 16.9. The minimum atomic E-state index is -0.638. The molecule has 0 saturated carbocycles. The van der Waals surface area contributed by atoms with Crippen LogP contribution in [0.15, 0.2) is 60.8 Å². The van der Waals surface area contributed by atoms with Crippen LogP contribution in [0, 0.1) is 0 Å². The van der Waals surface area contributed by atoms with E-state index in [1.807, 2.05) is 30.3 Å². The van der Waals surface area contributed by atoms with Gasteiger partial charge in [0.25, 0.3) is 0 Å². The van der Waals surface area contributed by atoms with Gasteiger partial charge in [-0.2, -0.15) is 0 Å². The van der Waals surface area contributed by atoms with Crippen LogP contribution in [0.5, 0.6) is 0 Å². The topological polar surface area (TPSA) is 57.2 Å². The number of ether oxygens (including phenoxy) is 1. The highest BCUT2D eigenvalue weighted by molar-refractivity contribution is 5.85. The number of fused-ring (bicyclic) bond motifs is 1. The zero-order valence-corrected chi connectivity index (χ0v) is 13.8. The van der Waals surface area contributed by atoms with E-state index in [0.717, 1.165) is 23.0 Å². The van der Waals surface area contributed by atoms with Gasteiger partial charge in [0.05, 0.1) is 6.61 Å². The molecule has 0 bridgehead atoms. The summed E-state index contributed by atoms with van der Waals surface area (Å²) in [6.07, 6.45) is 2.57. The number of para-hydroxylation sites is 1. The normalized spacial score (nSPS) is 12.2. The Labute approximate surface area is 141 Å². The van der Waals surface area contributed by atoms with Crippen LogP contribution in [0.3, 0.4) is 0 Å². The van der Waals surface area contributed by atoms with Gasteiger partial charge in [-0.3, -0.25) is 4.79 Å². The van der Waals surface area contributed by atoms with Crippen molar-refractivity contribution in [1.29, 1.82) is 0 Å². The fraction of sp³-hybridized carbons (Fsp3) is 0.250. The van der Waals surface area contributed by atoms with Gasteiger partial charge in [-0.05, 0) is 24.1 Å². The maximum Gasteiger partial charge on any atom is 0.323 e. The number of nitrogens with two attached hydrogens (primary N) is 1. The third kappa shape index (κ3) is 3.49. The molecule has 24 heavy (non-hydrogen) atoms. The number of hydrogen-bond donors (Lipinski definition) is 1. The predicted octanol–water partition coefficient (Wildman–Crippen LogP) is 3.12.